The zero-order valence-electron chi connectivity index (χ0n) is 15.7. The first-order valence-corrected chi connectivity index (χ1v) is 9.53. The molecule has 2 aliphatic rings. The minimum atomic E-state index is -0.556. The molecule has 150 valence electrons. The van der Waals surface area contributed by atoms with Crippen LogP contribution in [0.1, 0.15) is 24.3 Å². The average Bonchev–Trinajstić information content (AvgIpc) is 3.43. The lowest BCUT2D eigenvalue weighted by Gasteiger charge is -2.17. The summed E-state index contributed by atoms with van der Waals surface area (Å²) in [5, 5.41) is 13.8. The number of benzene rings is 2. The van der Waals surface area contributed by atoms with Crippen LogP contribution in [0.15, 0.2) is 54.6 Å². The third-order valence-corrected chi connectivity index (χ3v) is 5.33. The quantitative estimate of drug-likeness (QED) is 0.572. The highest BCUT2D eigenvalue weighted by Gasteiger charge is 2.47. The van der Waals surface area contributed by atoms with E-state index in [0.717, 1.165) is 6.42 Å². The van der Waals surface area contributed by atoms with Crippen LogP contribution in [0.5, 0.6) is 5.75 Å². The van der Waals surface area contributed by atoms with Crippen LogP contribution in [0.25, 0.3) is 0 Å². The molecule has 1 saturated carbocycles. The first-order valence-electron chi connectivity index (χ1n) is 9.53. The number of nitro benzene ring substituents is 1. The number of ether oxygens (including phenoxy) is 1. The highest BCUT2D eigenvalue weighted by Crippen LogP contribution is 2.45. The molecule has 29 heavy (non-hydrogen) atoms. The fourth-order valence-corrected chi connectivity index (χ4v) is 3.88. The number of carbonyl (C=O) groups excluding carboxylic acids is 2. The highest BCUT2D eigenvalue weighted by molar-refractivity contribution is 5.83. The first-order chi connectivity index (χ1) is 14.0. The molecule has 0 spiro atoms. The molecule has 0 aromatic heterocycles. The van der Waals surface area contributed by atoms with Crippen molar-refractivity contribution in [3.05, 3.63) is 70.3 Å². The smallest absolute Gasteiger partial charge is 0.310 e. The van der Waals surface area contributed by atoms with Crippen molar-refractivity contribution in [2.45, 2.75) is 30.8 Å². The highest BCUT2D eigenvalue weighted by atomic mass is 16.6. The number of likely N-dealkylation sites (tertiary alicyclic amines) is 1. The number of nitrogens with zero attached hydrogens (tertiary/aromatic N) is 2. The summed E-state index contributed by atoms with van der Waals surface area (Å²) in [6.45, 7) is 0.135. The molecular weight excluding hydrogens is 374 g/mol. The molecule has 1 heterocycles. The number of nitro groups is 1. The largest absolute Gasteiger partial charge is 0.477 e. The van der Waals surface area contributed by atoms with Crippen LogP contribution in [0, 0.1) is 10.1 Å². The molecule has 3 atom stereocenters. The van der Waals surface area contributed by atoms with Crippen molar-refractivity contribution in [2.24, 2.45) is 0 Å². The number of hydrogen-bond acceptors (Lipinski definition) is 5. The Hall–Kier alpha value is -3.42. The molecule has 3 unspecified atom stereocenters. The van der Waals surface area contributed by atoms with Gasteiger partial charge in [-0.25, -0.2) is 0 Å². The number of hydrogen-bond donors (Lipinski definition) is 1. The number of nitrogens with one attached hydrogen (secondary N) is 1. The lowest BCUT2D eigenvalue weighted by Crippen LogP contribution is -2.40. The van der Waals surface area contributed by atoms with E-state index in [-0.39, 0.29) is 42.5 Å². The third kappa shape index (κ3) is 4.21. The van der Waals surface area contributed by atoms with Crippen molar-refractivity contribution in [1.82, 2.24) is 10.2 Å². The predicted molar refractivity (Wildman–Crippen MR) is 104 cm³/mol. The molecule has 1 N–H and O–H groups in total. The normalized spacial score (nSPS) is 23.0. The molecule has 0 bridgehead atoms. The minimum Gasteiger partial charge on any atom is -0.477 e. The maximum Gasteiger partial charge on any atom is 0.310 e. The van der Waals surface area contributed by atoms with E-state index in [1.165, 1.54) is 23.8 Å². The van der Waals surface area contributed by atoms with Crippen LogP contribution in [0.2, 0.25) is 0 Å². The van der Waals surface area contributed by atoms with Crippen molar-refractivity contribution in [2.75, 3.05) is 13.2 Å². The third-order valence-electron chi connectivity index (χ3n) is 5.33. The van der Waals surface area contributed by atoms with Gasteiger partial charge in [0.2, 0.25) is 5.91 Å². The summed E-state index contributed by atoms with van der Waals surface area (Å²) >= 11 is 0. The molecule has 0 radical (unpaired) electrons. The Labute approximate surface area is 167 Å². The number of para-hydroxylation sites is 2. The van der Waals surface area contributed by atoms with Gasteiger partial charge in [-0.2, -0.15) is 0 Å². The maximum atomic E-state index is 12.4. The Morgan fingerprint density at radius 1 is 1.17 bits per heavy atom. The second-order valence-corrected chi connectivity index (χ2v) is 7.35. The molecule has 8 nitrogen and oxygen atoms in total. The zero-order chi connectivity index (χ0) is 20.4. The van der Waals surface area contributed by atoms with E-state index < -0.39 is 10.8 Å². The zero-order valence-corrected chi connectivity index (χ0v) is 15.7. The van der Waals surface area contributed by atoms with Crippen molar-refractivity contribution < 1.29 is 19.2 Å². The van der Waals surface area contributed by atoms with E-state index in [2.05, 4.69) is 17.4 Å². The summed E-state index contributed by atoms with van der Waals surface area (Å²) < 4.78 is 5.31. The molecule has 1 aliphatic heterocycles. The Morgan fingerprint density at radius 3 is 2.66 bits per heavy atom. The Kier molecular flexibility index (Phi) is 5.16. The SMILES string of the molecule is O=C(COc1ccccc1[N+](=O)[O-])NC1CC(=O)N(C2CC2c2ccccc2)C1. The van der Waals surface area contributed by atoms with Gasteiger partial charge >= 0.3 is 5.69 Å². The average molecular weight is 395 g/mol. The Balaban J connectivity index is 1.28. The Bertz CT molecular complexity index is 933. The molecule has 2 aromatic rings. The molecule has 2 fully saturated rings. The van der Waals surface area contributed by atoms with E-state index in [1.807, 2.05) is 23.1 Å². The topological polar surface area (TPSA) is 102 Å². The van der Waals surface area contributed by atoms with E-state index in [1.54, 1.807) is 6.07 Å². The summed E-state index contributed by atoms with van der Waals surface area (Å²) in [6.07, 6.45) is 1.20. The van der Waals surface area contributed by atoms with Crippen molar-refractivity contribution >= 4 is 17.5 Å². The van der Waals surface area contributed by atoms with Crippen LogP contribution in [0.3, 0.4) is 0 Å². The fourth-order valence-electron chi connectivity index (χ4n) is 3.88. The van der Waals surface area contributed by atoms with Crippen LogP contribution < -0.4 is 10.1 Å². The molecule has 1 aliphatic carbocycles. The second kappa shape index (κ2) is 7.90. The lowest BCUT2D eigenvalue weighted by molar-refractivity contribution is -0.385. The van der Waals surface area contributed by atoms with Gasteiger partial charge in [0, 0.05) is 31.0 Å². The summed E-state index contributed by atoms with van der Waals surface area (Å²) in [6, 6.07) is 15.9. The summed E-state index contributed by atoms with van der Waals surface area (Å²) in [5.74, 6) is 0.0357. The van der Waals surface area contributed by atoms with Crippen LogP contribution in [0.4, 0.5) is 5.69 Å². The molecular formula is C21H21N3O5. The van der Waals surface area contributed by atoms with Gasteiger partial charge in [0.25, 0.3) is 5.91 Å². The number of amides is 2. The van der Waals surface area contributed by atoms with Gasteiger partial charge in [0.15, 0.2) is 12.4 Å². The summed E-state index contributed by atoms with van der Waals surface area (Å²) in [5.41, 5.74) is 1.04. The van der Waals surface area contributed by atoms with Gasteiger partial charge in [-0.3, -0.25) is 19.7 Å². The summed E-state index contributed by atoms with van der Waals surface area (Å²) in [4.78, 5) is 36.9. The number of carbonyl (C=O) groups is 2. The predicted octanol–water partition coefficient (Wildman–Crippen LogP) is 2.25. The first kappa shape index (κ1) is 18.9. The van der Waals surface area contributed by atoms with Gasteiger partial charge < -0.3 is 15.0 Å². The van der Waals surface area contributed by atoms with Crippen LogP contribution >= 0.6 is 0 Å². The van der Waals surface area contributed by atoms with Gasteiger partial charge in [0.05, 0.1) is 11.0 Å². The van der Waals surface area contributed by atoms with E-state index in [9.17, 15) is 19.7 Å². The standard InChI is InChI=1S/C21H21N3O5/c25-20(13-29-19-9-5-4-8-17(19)24(27)28)22-15-10-21(26)23(12-15)18-11-16(18)14-6-2-1-3-7-14/h1-9,15-16,18H,10-13H2,(H,22,25). The minimum absolute atomic E-state index is 0.0401. The van der Waals surface area contributed by atoms with Crippen LogP contribution in [-0.4, -0.2) is 46.9 Å². The molecule has 2 aromatic carbocycles. The monoisotopic (exact) mass is 395 g/mol. The fraction of sp³-hybridized carbons (Fsp3) is 0.333. The Morgan fingerprint density at radius 2 is 1.90 bits per heavy atom. The molecule has 8 heteroatoms. The van der Waals surface area contributed by atoms with E-state index in [4.69, 9.17) is 4.74 Å². The van der Waals surface area contributed by atoms with E-state index >= 15 is 0 Å². The number of rotatable bonds is 7. The van der Waals surface area contributed by atoms with Crippen molar-refractivity contribution in [3.8, 4) is 5.75 Å². The van der Waals surface area contributed by atoms with Crippen molar-refractivity contribution in [3.63, 3.8) is 0 Å². The van der Waals surface area contributed by atoms with E-state index in [0.29, 0.717) is 12.5 Å². The van der Waals surface area contributed by atoms with Crippen molar-refractivity contribution in [1.29, 1.82) is 0 Å². The molecule has 4 rings (SSSR count). The van der Waals surface area contributed by atoms with Gasteiger partial charge in [0.1, 0.15) is 0 Å². The van der Waals surface area contributed by atoms with Gasteiger partial charge in [-0.05, 0) is 18.1 Å². The van der Waals surface area contributed by atoms with Gasteiger partial charge in [-0.1, -0.05) is 42.5 Å². The lowest BCUT2D eigenvalue weighted by atomic mass is 10.1. The molecule has 2 amide bonds. The van der Waals surface area contributed by atoms with Crippen LogP contribution in [-0.2, 0) is 9.59 Å². The summed E-state index contributed by atoms with van der Waals surface area (Å²) in [7, 11) is 0. The maximum absolute atomic E-state index is 12.4. The second-order valence-electron chi connectivity index (χ2n) is 7.35. The van der Waals surface area contributed by atoms with Gasteiger partial charge in [-0.15, -0.1) is 0 Å². The molecule has 1 saturated heterocycles.